The lowest BCUT2D eigenvalue weighted by Gasteiger charge is -2.07. The van der Waals surface area contributed by atoms with E-state index in [2.05, 4.69) is 35.8 Å². The molecule has 2 nitrogen and oxygen atoms in total. The zero-order valence-electron chi connectivity index (χ0n) is 9.68. The third kappa shape index (κ3) is 3.43. The van der Waals surface area contributed by atoms with Gasteiger partial charge in [-0.25, -0.2) is 0 Å². The van der Waals surface area contributed by atoms with Crippen LogP contribution in [0.3, 0.4) is 0 Å². The molecule has 2 aromatic carbocycles. The van der Waals surface area contributed by atoms with E-state index in [9.17, 15) is 0 Å². The summed E-state index contributed by atoms with van der Waals surface area (Å²) in [5, 5.41) is 12.5. The Kier molecular flexibility index (Phi) is 3.94. The average molecular weight is 245 g/mol. The van der Waals surface area contributed by atoms with E-state index in [1.54, 1.807) is 23.9 Å². The molecule has 0 aliphatic rings. The zero-order valence-corrected chi connectivity index (χ0v) is 10.5. The molecule has 0 amide bonds. The number of phenolic OH excluding ortho intramolecular Hbond substituents is 1. The summed E-state index contributed by atoms with van der Waals surface area (Å²) in [6.45, 7) is 0.791. The van der Waals surface area contributed by atoms with E-state index in [0.717, 1.165) is 12.2 Å². The van der Waals surface area contributed by atoms with Crippen LogP contribution in [0.2, 0.25) is 0 Å². The Labute approximate surface area is 106 Å². The fourth-order valence-electron chi connectivity index (χ4n) is 1.53. The number of thioether (sulfide) groups is 1. The molecule has 88 valence electrons. The van der Waals surface area contributed by atoms with Gasteiger partial charge in [0.25, 0.3) is 0 Å². The average Bonchev–Trinajstić information content (AvgIpc) is 2.39. The van der Waals surface area contributed by atoms with E-state index in [0.29, 0.717) is 5.75 Å². The first-order chi connectivity index (χ1) is 8.28. The molecule has 0 saturated carbocycles. The monoisotopic (exact) mass is 245 g/mol. The molecule has 2 rings (SSSR count). The highest BCUT2D eigenvalue weighted by Crippen LogP contribution is 2.17. The molecule has 2 aromatic rings. The number of nitrogens with one attached hydrogen (secondary N) is 1. The standard InChI is InChI=1S/C14H15NOS/c1-17-14-8-2-11(3-9-14)10-15-12-4-6-13(16)7-5-12/h2-9,15-16H,10H2,1H3. The zero-order chi connectivity index (χ0) is 12.1. The van der Waals surface area contributed by atoms with E-state index < -0.39 is 0 Å². The Morgan fingerprint density at radius 2 is 1.65 bits per heavy atom. The normalized spacial score (nSPS) is 10.2. The third-order valence-electron chi connectivity index (χ3n) is 2.52. The van der Waals surface area contributed by atoms with Crippen molar-refractivity contribution in [1.82, 2.24) is 0 Å². The van der Waals surface area contributed by atoms with Crippen LogP contribution in [0.5, 0.6) is 5.75 Å². The molecular weight excluding hydrogens is 230 g/mol. The molecule has 0 radical (unpaired) electrons. The van der Waals surface area contributed by atoms with Crippen LogP contribution in [0, 0.1) is 0 Å². The number of hydrogen-bond donors (Lipinski definition) is 2. The molecule has 0 atom stereocenters. The number of anilines is 1. The second-order valence-electron chi connectivity index (χ2n) is 3.75. The predicted octanol–water partition coefficient (Wildman–Crippen LogP) is 3.73. The Morgan fingerprint density at radius 1 is 1.00 bits per heavy atom. The third-order valence-corrected chi connectivity index (χ3v) is 3.27. The van der Waals surface area contributed by atoms with Crippen molar-refractivity contribution in [3.05, 3.63) is 54.1 Å². The molecule has 0 unspecified atom stereocenters. The summed E-state index contributed by atoms with van der Waals surface area (Å²) >= 11 is 1.75. The topological polar surface area (TPSA) is 32.3 Å². The van der Waals surface area contributed by atoms with Crippen molar-refractivity contribution < 1.29 is 5.11 Å². The smallest absolute Gasteiger partial charge is 0.115 e. The maximum Gasteiger partial charge on any atom is 0.115 e. The summed E-state index contributed by atoms with van der Waals surface area (Å²) in [4.78, 5) is 1.28. The quantitative estimate of drug-likeness (QED) is 0.636. The van der Waals surface area contributed by atoms with Crippen LogP contribution in [0.25, 0.3) is 0 Å². The summed E-state index contributed by atoms with van der Waals surface area (Å²) in [6, 6.07) is 15.6. The van der Waals surface area contributed by atoms with Gasteiger partial charge in [0.2, 0.25) is 0 Å². The Bertz CT molecular complexity index is 465. The molecule has 17 heavy (non-hydrogen) atoms. The van der Waals surface area contributed by atoms with Gasteiger partial charge in [-0.2, -0.15) is 0 Å². The van der Waals surface area contributed by atoms with Gasteiger partial charge in [-0.15, -0.1) is 11.8 Å². The molecule has 0 aliphatic carbocycles. The fraction of sp³-hybridized carbons (Fsp3) is 0.143. The van der Waals surface area contributed by atoms with Crippen molar-refractivity contribution in [1.29, 1.82) is 0 Å². The highest BCUT2D eigenvalue weighted by Gasteiger charge is 1.95. The summed E-state index contributed by atoms with van der Waals surface area (Å²) in [7, 11) is 0. The van der Waals surface area contributed by atoms with E-state index in [-0.39, 0.29) is 0 Å². The number of benzene rings is 2. The largest absolute Gasteiger partial charge is 0.508 e. The summed E-state index contributed by atoms with van der Waals surface area (Å²) in [5.74, 6) is 0.292. The molecule has 0 heterocycles. The first kappa shape index (κ1) is 11.9. The minimum absolute atomic E-state index is 0.292. The predicted molar refractivity (Wildman–Crippen MR) is 73.7 cm³/mol. The van der Waals surface area contributed by atoms with Gasteiger partial charge in [0.1, 0.15) is 5.75 Å². The number of aromatic hydroxyl groups is 1. The van der Waals surface area contributed by atoms with E-state index >= 15 is 0 Å². The molecule has 0 fully saturated rings. The van der Waals surface area contributed by atoms with Crippen molar-refractivity contribution in [2.75, 3.05) is 11.6 Å². The minimum atomic E-state index is 0.292. The second kappa shape index (κ2) is 5.64. The SMILES string of the molecule is CSc1ccc(CNc2ccc(O)cc2)cc1. The second-order valence-corrected chi connectivity index (χ2v) is 4.63. The van der Waals surface area contributed by atoms with Crippen LogP contribution in [0.1, 0.15) is 5.56 Å². The van der Waals surface area contributed by atoms with Crippen LogP contribution < -0.4 is 5.32 Å². The molecule has 0 aliphatic heterocycles. The lowest BCUT2D eigenvalue weighted by Crippen LogP contribution is -1.98. The van der Waals surface area contributed by atoms with E-state index in [1.165, 1.54) is 10.5 Å². The molecule has 0 spiro atoms. The van der Waals surface area contributed by atoms with Gasteiger partial charge in [0.05, 0.1) is 0 Å². The number of phenols is 1. The summed E-state index contributed by atoms with van der Waals surface area (Å²) in [6.07, 6.45) is 2.07. The lowest BCUT2D eigenvalue weighted by atomic mass is 10.2. The van der Waals surface area contributed by atoms with Gasteiger partial charge in [0.15, 0.2) is 0 Å². The Hall–Kier alpha value is -1.61. The van der Waals surface area contributed by atoms with E-state index in [1.807, 2.05) is 12.1 Å². The lowest BCUT2D eigenvalue weighted by molar-refractivity contribution is 0.475. The van der Waals surface area contributed by atoms with Gasteiger partial charge in [-0.3, -0.25) is 0 Å². The van der Waals surface area contributed by atoms with Crippen molar-refractivity contribution in [3.63, 3.8) is 0 Å². The van der Waals surface area contributed by atoms with Crippen molar-refractivity contribution >= 4 is 17.4 Å². The van der Waals surface area contributed by atoms with Crippen LogP contribution >= 0.6 is 11.8 Å². The Morgan fingerprint density at radius 3 is 2.24 bits per heavy atom. The fourth-order valence-corrected chi connectivity index (χ4v) is 1.94. The van der Waals surface area contributed by atoms with Gasteiger partial charge in [-0.05, 0) is 48.2 Å². The van der Waals surface area contributed by atoms with E-state index in [4.69, 9.17) is 5.11 Å². The molecule has 0 aromatic heterocycles. The van der Waals surface area contributed by atoms with Gasteiger partial charge in [-0.1, -0.05) is 12.1 Å². The summed E-state index contributed by atoms with van der Waals surface area (Å²) < 4.78 is 0. The maximum atomic E-state index is 9.17. The molecule has 2 N–H and O–H groups in total. The number of rotatable bonds is 4. The van der Waals surface area contributed by atoms with Crippen LogP contribution in [-0.4, -0.2) is 11.4 Å². The summed E-state index contributed by atoms with van der Waals surface area (Å²) in [5.41, 5.74) is 2.26. The highest BCUT2D eigenvalue weighted by molar-refractivity contribution is 7.98. The van der Waals surface area contributed by atoms with Crippen LogP contribution in [0.15, 0.2) is 53.4 Å². The Balaban J connectivity index is 1.95. The highest BCUT2D eigenvalue weighted by atomic mass is 32.2. The molecular formula is C14H15NOS. The van der Waals surface area contributed by atoms with Crippen molar-refractivity contribution in [2.45, 2.75) is 11.4 Å². The number of hydrogen-bond acceptors (Lipinski definition) is 3. The van der Waals surface area contributed by atoms with Crippen LogP contribution in [0.4, 0.5) is 5.69 Å². The van der Waals surface area contributed by atoms with Gasteiger partial charge < -0.3 is 10.4 Å². The molecule has 3 heteroatoms. The molecule has 0 saturated heterocycles. The first-order valence-electron chi connectivity index (χ1n) is 5.44. The van der Waals surface area contributed by atoms with Gasteiger partial charge in [0, 0.05) is 17.1 Å². The maximum absolute atomic E-state index is 9.17. The van der Waals surface area contributed by atoms with Crippen molar-refractivity contribution in [2.24, 2.45) is 0 Å². The minimum Gasteiger partial charge on any atom is -0.508 e. The van der Waals surface area contributed by atoms with Crippen molar-refractivity contribution in [3.8, 4) is 5.75 Å². The van der Waals surface area contributed by atoms with Gasteiger partial charge >= 0.3 is 0 Å². The molecule has 0 bridgehead atoms. The van der Waals surface area contributed by atoms with Crippen LogP contribution in [-0.2, 0) is 6.54 Å². The first-order valence-corrected chi connectivity index (χ1v) is 6.66.